The van der Waals surface area contributed by atoms with Crippen LogP contribution in [0.1, 0.15) is 97.4 Å². The van der Waals surface area contributed by atoms with Gasteiger partial charge in [0.1, 0.15) is 24.8 Å². The van der Waals surface area contributed by atoms with Crippen LogP contribution in [0.5, 0.6) is 0 Å². The van der Waals surface area contributed by atoms with Crippen molar-refractivity contribution in [3.8, 4) is 11.4 Å². The molecule has 4 N–H and O–H groups in total. The van der Waals surface area contributed by atoms with Gasteiger partial charge in [0.25, 0.3) is 11.5 Å². The highest BCUT2D eigenvalue weighted by molar-refractivity contribution is 5.94. The molecule has 4 heterocycles. The summed E-state index contributed by atoms with van der Waals surface area (Å²) in [5, 5.41) is 20.7. The number of carbonyl (C=O) groups is 4. The van der Waals surface area contributed by atoms with Crippen LogP contribution in [-0.4, -0.2) is 57.2 Å². The molecule has 13 nitrogen and oxygen atoms in total. The maximum absolute atomic E-state index is 15.4. The van der Waals surface area contributed by atoms with Crippen LogP contribution in [0.25, 0.3) is 22.3 Å². The number of halogens is 1. The smallest absolute Gasteiger partial charge is 0.343 e. The zero-order chi connectivity index (χ0) is 40.2. The lowest BCUT2D eigenvalue weighted by Crippen LogP contribution is -2.50. The van der Waals surface area contributed by atoms with Crippen LogP contribution in [0.15, 0.2) is 47.3 Å². The quantitative estimate of drug-likeness (QED) is 0.114. The highest BCUT2D eigenvalue weighted by Crippen LogP contribution is 2.46. The van der Waals surface area contributed by atoms with Crippen LogP contribution in [0, 0.1) is 18.7 Å². The van der Waals surface area contributed by atoms with Gasteiger partial charge in [0.2, 0.25) is 11.8 Å². The molecule has 0 saturated heterocycles. The van der Waals surface area contributed by atoms with Crippen molar-refractivity contribution in [2.75, 3.05) is 13.3 Å². The van der Waals surface area contributed by atoms with Crippen LogP contribution < -0.4 is 21.5 Å². The molecule has 0 radical (unpaired) electrons. The monoisotopic (exact) mass is 779 g/mol. The summed E-state index contributed by atoms with van der Waals surface area (Å²) in [6.45, 7) is 4.54. The number of benzene rings is 2. The van der Waals surface area contributed by atoms with E-state index in [1.807, 2.05) is 30.3 Å². The van der Waals surface area contributed by atoms with E-state index in [1.165, 1.54) is 10.6 Å². The molecule has 0 unspecified atom stereocenters. The molecule has 8 rings (SSSR count). The summed E-state index contributed by atoms with van der Waals surface area (Å²) in [5.41, 5.74) is 1.65. The molecule has 4 aliphatic rings. The summed E-state index contributed by atoms with van der Waals surface area (Å²) < 4.78 is 28.4. The Morgan fingerprint density at radius 2 is 1.84 bits per heavy atom. The Balaban J connectivity index is 1.03. The molecular formula is C43H46FN5O8. The van der Waals surface area contributed by atoms with Gasteiger partial charge in [-0.1, -0.05) is 44.2 Å². The minimum absolute atomic E-state index is 0.00846. The van der Waals surface area contributed by atoms with Crippen molar-refractivity contribution >= 4 is 34.6 Å². The molecule has 0 bridgehead atoms. The number of carbonyl (C=O) groups excluding carboxylic acids is 4. The normalized spacial score (nSPS) is 20.6. The van der Waals surface area contributed by atoms with Crippen LogP contribution in [-0.2, 0) is 60.2 Å². The van der Waals surface area contributed by atoms with Gasteiger partial charge in [0.05, 0.1) is 41.6 Å². The lowest BCUT2D eigenvalue weighted by molar-refractivity contribution is -0.172. The number of hydrogen-bond acceptors (Lipinski definition) is 9. The van der Waals surface area contributed by atoms with E-state index in [0.717, 1.165) is 34.9 Å². The standard InChI is InChI=1S/C43H46FN5O8/c1-4-43(55)29-17-33-37-27(20-49(33)39(52)28(29)21-56-41(43)54)36-31(13-12-26-24(3)30(44)18-32(47-37)35(26)36)48-40(53)42(14-8-9-15-42)57-22-46-34(50)19-45-38(51)23(2)16-25-10-6-5-7-11-25/h5-7,10-11,17-18,23,31,55H,4,8-9,12-16,19-22H2,1-3H3,(H,45,51)(H,46,50)(H,48,53)/t23-,31-,43-/m0/s1. The number of fused-ring (bicyclic) bond motifs is 5. The van der Waals surface area contributed by atoms with Gasteiger partial charge < -0.3 is 35.1 Å². The third-order valence-electron chi connectivity index (χ3n) is 12.4. The number of nitrogens with one attached hydrogen (secondary N) is 3. The van der Waals surface area contributed by atoms with Crippen LogP contribution in [0.3, 0.4) is 0 Å². The van der Waals surface area contributed by atoms with Crippen molar-refractivity contribution in [3.63, 3.8) is 0 Å². The third-order valence-corrected chi connectivity index (χ3v) is 12.4. The fraction of sp³-hybridized carbons (Fsp3) is 0.442. The SMILES string of the molecule is CC[C@@]1(O)C(=O)OCc2c1cc1n(c2=O)Cc2c-1nc1cc(F)c(C)c3c1c2[C@@H](NC(=O)C1(OCNC(=O)CNC(=O)[C@@H](C)Cc2ccccc2)CCCC1)CC3. The number of esters is 1. The molecule has 0 spiro atoms. The third kappa shape index (κ3) is 6.58. The first-order chi connectivity index (χ1) is 27.3. The van der Waals surface area contributed by atoms with Crippen LogP contribution >= 0.6 is 0 Å². The summed E-state index contributed by atoms with van der Waals surface area (Å²) in [7, 11) is 0. The molecule has 2 aliphatic heterocycles. The average Bonchev–Trinajstić information content (AvgIpc) is 3.84. The first-order valence-corrected chi connectivity index (χ1v) is 19.7. The Morgan fingerprint density at radius 1 is 1.09 bits per heavy atom. The number of cyclic esters (lactones) is 1. The van der Waals surface area contributed by atoms with Crippen LogP contribution in [0.2, 0.25) is 0 Å². The van der Waals surface area contributed by atoms with Gasteiger partial charge in [-0.2, -0.15) is 0 Å². The second-order valence-corrected chi connectivity index (χ2v) is 15.8. The fourth-order valence-electron chi connectivity index (χ4n) is 9.09. The van der Waals surface area contributed by atoms with E-state index < -0.39 is 40.5 Å². The molecule has 1 saturated carbocycles. The Morgan fingerprint density at radius 3 is 2.58 bits per heavy atom. The zero-order valence-electron chi connectivity index (χ0n) is 32.3. The first-order valence-electron chi connectivity index (χ1n) is 19.7. The minimum Gasteiger partial charge on any atom is -0.458 e. The zero-order valence-corrected chi connectivity index (χ0v) is 32.3. The number of aryl methyl sites for hydroxylation is 1. The van der Waals surface area contributed by atoms with E-state index in [1.54, 1.807) is 26.8 Å². The number of aromatic nitrogens is 2. The molecule has 3 atom stereocenters. The number of aliphatic hydroxyl groups is 1. The van der Waals surface area contributed by atoms with Gasteiger partial charge in [0, 0.05) is 28.5 Å². The number of pyridine rings is 2. The van der Waals surface area contributed by atoms with E-state index in [4.69, 9.17) is 14.5 Å². The summed E-state index contributed by atoms with van der Waals surface area (Å²) >= 11 is 0. The average molecular weight is 780 g/mol. The molecular weight excluding hydrogens is 733 g/mol. The molecule has 2 aliphatic carbocycles. The van der Waals surface area contributed by atoms with Crippen molar-refractivity contribution in [2.24, 2.45) is 5.92 Å². The fourth-order valence-corrected chi connectivity index (χ4v) is 9.09. The van der Waals surface area contributed by atoms with Crippen molar-refractivity contribution in [3.05, 3.63) is 97.6 Å². The summed E-state index contributed by atoms with van der Waals surface area (Å²) in [6.07, 6.45) is 3.83. The van der Waals surface area contributed by atoms with Crippen molar-refractivity contribution in [2.45, 2.75) is 103 Å². The van der Waals surface area contributed by atoms with Crippen molar-refractivity contribution in [1.29, 1.82) is 0 Å². The molecule has 298 valence electrons. The van der Waals surface area contributed by atoms with Gasteiger partial charge in [-0.15, -0.1) is 0 Å². The summed E-state index contributed by atoms with van der Waals surface area (Å²) in [5.74, 6) is -2.61. The van der Waals surface area contributed by atoms with E-state index in [0.29, 0.717) is 60.1 Å². The second kappa shape index (κ2) is 14.8. The Kier molecular flexibility index (Phi) is 9.97. The maximum atomic E-state index is 15.4. The lowest BCUT2D eigenvalue weighted by atomic mass is 9.81. The second-order valence-electron chi connectivity index (χ2n) is 15.8. The van der Waals surface area contributed by atoms with E-state index in [9.17, 15) is 29.1 Å². The Labute approximate surface area is 328 Å². The Hall–Kier alpha value is -5.47. The van der Waals surface area contributed by atoms with Gasteiger partial charge in [-0.05, 0) is 86.6 Å². The van der Waals surface area contributed by atoms with Gasteiger partial charge in [0.15, 0.2) is 5.60 Å². The Bertz CT molecular complexity index is 2390. The van der Waals surface area contributed by atoms with Crippen LogP contribution in [0.4, 0.5) is 4.39 Å². The molecule has 4 aromatic rings. The number of ether oxygens (including phenoxy) is 2. The molecule has 2 aromatic carbocycles. The van der Waals surface area contributed by atoms with E-state index in [2.05, 4.69) is 16.0 Å². The van der Waals surface area contributed by atoms with E-state index >= 15 is 4.39 Å². The summed E-state index contributed by atoms with van der Waals surface area (Å²) in [6, 6.07) is 12.1. The maximum Gasteiger partial charge on any atom is 0.343 e. The van der Waals surface area contributed by atoms with Gasteiger partial charge in [-0.25, -0.2) is 14.2 Å². The van der Waals surface area contributed by atoms with Gasteiger partial charge in [-0.3, -0.25) is 19.2 Å². The molecule has 14 heteroatoms. The van der Waals surface area contributed by atoms with Crippen molar-refractivity contribution < 1.29 is 38.1 Å². The number of rotatable bonds is 11. The molecule has 1 fully saturated rings. The minimum atomic E-state index is -2.01. The first kappa shape index (κ1) is 38.4. The lowest BCUT2D eigenvalue weighted by Gasteiger charge is -2.34. The highest BCUT2D eigenvalue weighted by atomic mass is 19.1. The predicted octanol–water partition coefficient (Wildman–Crippen LogP) is 4.03. The predicted molar refractivity (Wildman–Crippen MR) is 206 cm³/mol. The van der Waals surface area contributed by atoms with E-state index in [-0.39, 0.29) is 61.7 Å². The topological polar surface area (TPSA) is 178 Å². The number of amides is 3. The summed E-state index contributed by atoms with van der Waals surface area (Å²) in [4.78, 5) is 71.4. The molecule has 2 aromatic heterocycles. The highest BCUT2D eigenvalue weighted by Gasteiger charge is 2.47. The van der Waals surface area contributed by atoms with Gasteiger partial charge >= 0.3 is 5.97 Å². The number of nitrogens with zero attached hydrogens (tertiary/aromatic N) is 2. The van der Waals surface area contributed by atoms with Crippen molar-refractivity contribution in [1.82, 2.24) is 25.5 Å². The largest absolute Gasteiger partial charge is 0.458 e. The molecule has 3 amide bonds. The molecule has 57 heavy (non-hydrogen) atoms. The number of hydrogen-bond donors (Lipinski definition) is 4.